The lowest BCUT2D eigenvalue weighted by Crippen LogP contribution is -1.95. The third-order valence-electron chi connectivity index (χ3n) is 9.66. The third kappa shape index (κ3) is 5.03. The molecule has 4 aromatic heterocycles. The van der Waals surface area contributed by atoms with Gasteiger partial charge in [-0.3, -0.25) is 4.40 Å². The highest BCUT2D eigenvalue weighted by Gasteiger charge is 2.16. The molecule has 0 aliphatic heterocycles. The van der Waals surface area contributed by atoms with Crippen molar-refractivity contribution in [3.8, 4) is 56.2 Å². The van der Waals surface area contributed by atoms with E-state index in [1.165, 1.54) is 11.1 Å². The Hall–Kier alpha value is -6.98. The number of aromatic nitrogens is 5. The minimum atomic E-state index is 0.707. The van der Waals surface area contributed by atoms with Crippen LogP contribution >= 0.6 is 0 Å². The number of nitrogens with zero attached hydrogens (tertiary/aromatic N) is 5. The first-order chi connectivity index (χ1) is 25.3. The lowest BCUT2D eigenvalue weighted by Gasteiger charge is -2.11. The highest BCUT2D eigenvalue weighted by Crippen LogP contribution is 2.35. The molecule has 0 radical (unpaired) electrons. The molecular formula is C46H29N5. The summed E-state index contributed by atoms with van der Waals surface area (Å²) in [5.41, 5.74) is 13.2. The molecule has 0 fully saturated rings. The molecule has 5 nitrogen and oxygen atoms in total. The van der Waals surface area contributed by atoms with Crippen LogP contribution in [0.4, 0.5) is 0 Å². The van der Waals surface area contributed by atoms with Crippen molar-refractivity contribution in [3.05, 3.63) is 176 Å². The Morgan fingerprint density at radius 3 is 1.53 bits per heavy atom. The van der Waals surface area contributed by atoms with Crippen LogP contribution in [-0.4, -0.2) is 24.3 Å². The quantitative estimate of drug-likeness (QED) is 0.186. The van der Waals surface area contributed by atoms with E-state index in [1.807, 2.05) is 42.6 Å². The standard InChI is InChI=1S/C46H29N5/c1-2-10-30(11-3-1)31-17-25-35(26-18-31)43-39-14-6-7-15-40(39)47-45(49-43)36-27-21-33(22-28-36)32-19-23-34(24-20-32)42-37-12-4-5-13-38(37)44-46(50-42)51-29-9-8-16-41(51)48-44/h1-29H. The summed E-state index contributed by atoms with van der Waals surface area (Å²) < 4.78 is 2.06. The van der Waals surface area contributed by atoms with Gasteiger partial charge in [-0.25, -0.2) is 19.9 Å². The summed E-state index contributed by atoms with van der Waals surface area (Å²) in [7, 11) is 0. The van der Waals surface area contributed by atoms with Crippen LogP contribution in [0.25, 0.3) is 94.6 Å². The molecule has 10 aromatic rings. The van der Waals surface area contributed by atoms with E-state index < -0.39 is 0 Å². The van der Waals surface area contributed by atoms with Crippen molar-refractivity contribution in [2.24, 2.45) is 0 Å². The number of para-hydroxylation sites is 1. The van der Waals surface area contributed by atoms with Crippen molar-refractivity contribution in [2.45, 2.75) is 0 Å². The van der Waals surface area contributed by atoms with Crippen molar-refractivity contribution in [1.29, 1.82) is 0 Å². The average molecular weight is 652 g/mol. The lowest BCUT2D eigenvalue weighted by atomic mass is 9.99. The van der Waals surface area contributed by atoms with Crippen molar-refractivity contribution in [3.63, 3.8) is 0 Å². The summed E-state index contributed by atoms with van der Waals surface area (Å²) in [5.74, 6) is 0.707. The fourth-order valence-corrected chi connectivity index (χ4v) is 7.06. The molecule has 0 atom stereocenters. The molecule has 6 aromatic carbocycles. The smallest absolute Gasteiger partial charge is 0.165 e. The molecule has 4 heterocycles. The molecule has 0 bridgehead atoms. The predicted molar refractivity (Wildman–Crippen MR) is 208 cm³/mol. The van der Waals surface area contributed by atoms with E-state index in [-0.39, 0.29) is 0 Å². The number of imidazole rings is 1. The summed E-state index contributed by atoms with van der Waals surface area (Å²) in [6.07, 6.45) is 2.02. The Kier molecular flexibility index (Phi) is 6.74. The highest BCUT2D eigenvalue weighted by molar-refractivity contribution is 6.09. The fraction of sp³-hybridized carbons (Fsp3) is 0. The second kappa shape index (κ2) is 11.9. The van der Waals surface area contributed by atoms with E-state index in [0.717, 1.165) is 77.7 Å². The van der Waals surface area contributed by atoms with Gasteiger partial charge in [0.05, 0.1) is 16.9 Å². The molecule has 0 unspecified atom stereocenters. The summed E-state index contributed by atoms with van der Waals surface area (Å²) in [5, 5.41) is 3.23. The Balaban J connectivity index is 0.984. The summed E-state index contributed by atoms with van der Waals surface area (Å²) in [4.78, 5) is 20.2. The van der Waals surface area contributed by atoms with Gasteiger partial charge < -0.3 is 0 Å². The first kappa shape index (κ1) is 29.0. The van der Waals surface area contributed by atoms with E-state index in [4.69, 9.17) is 19.9 Å². The number of benzene rings is 6. The maximum atomic E-state index is 5.16. The molecule has 0 spiro atoms. The Morgan fingerprint density at radius 2 is 0.843 bits per heavy atom. The Labute approximate surface area is 294 Å². The minimum absolute atomic E-state index is 0.707. The van der Waals surface area contributed by atoms with Crippen LogP contribution in [0.3, 0.4) is 0 Å². The number of hydrogen-bond donors (Lipinski definition) is 0. The molecule has 10 rings (SSSR count). The molecule has 0 saturated heterocycles. The number of rotatable bonds is 5. The maximum Gasteiger partial charge on any atom is 0.165 e. The van der Waals surface area contributed by atoms with Gasteiger partial charge >= 0.3 is 0 Å². The van der Waals surface area contributed by atoms with Crippen LogP contribution in [-0.2, 0) is 0 Å². The Bertz CT molecular complexity index is 2880. The second-order valence-electron chi connectivity index (χ2n) is 12.7. The first-order valence-corrected chi connectivity index (χ1v) is 17.1. The van der Waals surface area contributed by atoms with E-state index in [1.54, 1.807) is 0 Å². The van der Waals surface area contributed by atoms with Gasteiger partial charge in [0.1, 0.15) is 11.2 Å². The van der Waals surface area contributed by atoms with Crippen molar-refractivity contribution >= 4 is 38.5 Å². The van der Waals surface area contributed by atoms with Gasteiger partial charge in [0.15, 0.2) is 11.5 Å². The molecule has 0 aliphatic carbocycles. The maximum absolute atomic E-state index is 5.16. The van der Waals surface area contributed by atoms with Crippen LogP contribution in [0, 0.1) is 0 Å². The molecule has 238 valence electrons. The predicted octanol–water partition coefficient (Wildman–Crippen LogP) is 11.3. The monoisotopic (exact) mass is 651 g/mol. The van der Waals surface area contributed by atoms with E-state index in [2.05, 4.69) is 138 Å². The number of hydrogen-bond acceptors (Lipinski definition) is 4. The fourth-order valence-electron chi connectivity index (χ4n) is 7.06. The topological polar surface area (TPSA) is 56.0 Å². The van der Waals surface area contributed by atoms with Crippen molar-refractivity contribution in [2.75, 3.05) is 0 Å². The molecule has 0 amide bonds. The molecule has 5 heteroatoms. The van der Waals surface area contributed by atoms with Crippen molar-refractivity contribution in [1.82, 2.24) is 24.3 Å². The molecule has 0 N–H and O–H groups in total. The van der Waals surface area contributed by atoms with Crippen LogP contribution in [0.2, 0.25) is 0 Å². The zero-order valence-corrected chi connectivity index (χ0v) is 27.5. The first-order valence-electron chi connectivity index (χ1n) is 17.1. The largest absolute Gasteiger partial charge is 0.284 e. The van der Waals surface area contributed by atoms with Gasteiger partial charge in [-0.05, 0) is 40.5 Å². The van der Waals surface area contributed by atoms with Crippen LogP contribution in [0.15, 0.2) is 176 Å². The van der Waals surface area contributed by atoms with Crippen LogP contribution in [0.5, 0.6) is 0 Å². The van der Waals surface area contributed by atoms with Gasteiger partial charge in [-0.1, -0.05) is 152 Å². The molecule has 0 saturated carbocycles. The zero-order chi connectivity index (χ0) is 33.7. The van der Waals surface area contributed by atoms with E-state index in [9.17, 15) is 0 Å². The zero-order valence-electron chi connectivity index (χ0n) is 27.5. The van der Waals surface area contributed by atoms with Gasteiger partial charge in [0, 0.05) is 39.0 Å². The molecular weight excluding hydrogens is 623 g/mol. The van der Waals surface area contributed by atoms with Gasteiger partial charge in [0.25, 0.3) is 0 Å². The SMILES string of the molecule is c1ccc(-c2ccc(-c3nc(-c4ccc(-c5ccc(-c6nc7c(nc8ccccn87)c7ccccc67)cc5)cc4)nc4ccccc34)cc2)cc1. The van der Waals surface area contributed by atoms with Crippen molar-refractivity contribution < 1.29 is 0 Å². The lowest BCUT2D eigenvalue weighted by molar-refractivity contribution is 1.19. The highest BCUT2D eigenvalue weighted by atomic mass is 15.1. The summed E-state index contributed by atoms with van der Waals surface area (Å²) in [6, 6.07) is 58.9. The van der Waals surface area contributed by atoms with Gasteiger partial charge in [-0.15, -0.1) is 0 Å². The van der Waals surface area contributed by atoms with Crippen LogP contribution < -0.4 is 0 Å². The van der Waals surface area contributed by atoms with E-state index in [0.29, 0.717) is 5.82 Å². The molecule has 0 aliphatic rings. The normalized spacial score (nSPS) is 11.5. The van der Waals surface area contributed by atoms with Crippen LogP contribution in [0.1, 0.15) is 0 Å². The third-order valence-corrected chi connectivity index (χ3v) is 9.66. The molecule has 51 heavy (non-hydrogen) atoms. The Morgan fingerprint density at radius 1 is 0.333 bits per heavy atom. The van der Waals surface area contributed by atoms with Gasteiger partial charge in [0.2, 0.25) is 0 Å². The second-order valence-corrected chi connectivity index (χ2v) is 12.7. The minimum Gasteiger partial charge on any atom is -0.284 e. The van der Waals surface area contributed by atoms with E-state index >= 15 is 0 Å². The number of fused-ring (bicyclic) bond motifs is 6. The number of pyridine rings is 2. The van der Waals surface area contributed by atoms with Gasteiger partial charge in [-0.2, -0.15) is 0 Å². The average Bonchev–Trinajstić information content (AvgIpc) is 3.60. The summed E-state index contributed by atoms with van der Waals surface area (Å²) >= 11 is 0. The summed E-state index contributed by atoms with van der Waals surface area (Å²) in [6.45, 7) is 0.